The minimum absolute atomic E-state index is 0.104. The molecule has 0 spiro atoms. The van der Waals surface area contributed by atoms with E-state index in [1.165, 1.54) is 0 Å². The molecule has 2 rings (SSSR count). The summed E-state index contributed by atoms with van der Waals surface area (Å²) in [5.74, 6) is -0.902. The molecule has 96 valence electrons. The zero-order valence-corrected chi connectivity index (χ0v) is 9.13. The molecule has 0 N–H and O–H groups in total. The summed E-state index contributed by atoms with van der Waals surface area (Å²) < 4.78 is 76.2. The zero-order chi connectivity index (χ0) is 13.2. The lowest BCUT2D eigenvalue weighted by atomic mass is 9.83. The third-order valence-electron chi connectivity index (χ3n) is 3.69. The number of halogens is 6. The highest BCUT2D eigenvalue weighted by Gasteiger charge is 2.56. The number of allylic oxidation sites excluding steroid dienone is 4. The van der Waals surface area contributed by atoms with E-state index in [9.17, 15) is 26.3 Å². The fourth-order valence-electron chi connectivity index (χ4n) is 2.73. The summed E-state index contributed by atoms with van der Waals surface area (Å²) in [6, 6.07) is 0. The number of alkyl halides is 6. The van der Waals surface area contributed by atoms with Gasteiger partial charge in [-0.05, 0) is 29.4 Å². The van der Waals surface area contributed by atoms with Crippen molar-refractivity contribution in [1.29, 1.82) is 0 Å². The lowest BCUT2D eigenvalue weighted by molar-refractivity contribution is -0.119. The number of hydrogen-bond acceptors (Lipinski definition) is 0. The van der Waals surface area contributed by atoms with E-state index in [0.717, 1.165) is 0 Å². The Morgan fingerprint density at radius 1 is 0.765 bits per heavy atom. The molecule has 2 aliphatic carbocycles. The Kier molecular flexibility index (Phi) is 2.43. The molecular weight excluding hydrogens is 246 g/mol. The van der Waals surface area contributed by atoms with Gasteiger partial charge in [0.1, 0.15) is 0 Å². The topological polar surface area (TPSA) is 0 Å². The average molecular weight is 256 g/mol. The van der Waals surface area contributed by atoms with Crippen LogP contribution in [0.4, 0.5) is 26.3 Å². The maximum Gasteiger partial charge on any atom is 0.416 e. The second-order valence-corrected chi connectivity index (χ2v) is 4.55. The lowest BCUT2D eigenvalue weighted by Crippen LogP contribution is -2.28. The van der Waals surface area contributed by atoms with Gasteiger partial charge in [0.15, 0.2) is 0 Å². The largest absolute Gasteiger partial charge is 0.416 e. The van der Waals surface area contributed by atoms with Crippen molar-refractivity contribution >= 4 is 0 Å². The van der Waals surface area contributed by atoms with Gasteiger partial charge in [0.25, 0.3) is 0 Å². The summed E-state index contributed by atoms with van der Waals surface area (Å²) in [5, 5.41) is 0. The third kappa shape index (κ3) is 1.68. The van der Waals surface area contributed by atoms with Crippen molar-refractivity contribution in [2.24, 2.45) is 11.8 Å². The van der Waals surface area contributed by atoms with E-state index in [-0.39, 0.29) is 17.6 Å². The summed E-state index contributed by atoms with van der Waals surface area (Å²) in [6.07, 6.45) is -10.0. The van der Waals surface area contributed by atoms with Crippen LogP contribution < -0.4 is 0 Å². The summed E-state index contributed by atoms with van der Waals surface area (Å²) in [4.78, 5) is 0. The molecule has 2 aliphatic rings. The van der Waals surface area contributed by atoms with E-state index in [2.05, 4.69) is 0 Å². The molecule has 0 radical (unpaired) electrons. The van der Waals surface area contributed by atoms with Crippen molar-refractivity contribution < 1.29 is 26.3 Å². The molecule has 6 heteroatoms. The van der Waals surface area contributed by atoms with E-state index >= 15 is 0 Å². The smallest absolute Gasteiger partial charge is 0.166 e. The van der Waals surface area contributed by atoms with Crippen LogP contribution in [0.25, 0.3) is 0 Å². The standard InChI is InChI=1S/C11H10F6/c1-4-5(2)7-3-6(4)8(10(12,13)14)9(7)11(15,16)17/h4-5H,3H2,1-2H3. The first-order chi connectivity index (χ1) is 7.55. The third-order valence-corrected chi connectivity index (χ3v) is 3.69. The second-order valence-electron chi connectivity index (χ2n) is 4.55. The Balaban J connectivity index is 2.62. The number of hydrogen-bond donors (Lipinski definition) is 0. The molecule has 2 atom stereocenters. The molecular formula is C11H10F6. The molecule has 0 nitrogen and oxygen atoms in total. The van der Waals surface area contributed by atoms with Gasteiger partial charge in [-0.25, -0.2) is 0 Å². The summed E-state index contributed by atoms with van der Waals surface area (Å²) in [7, 11) is 0. The van der Waals surface area contributed by atoms with Gasteiger partial charge < -0.3 is 0 Å². The molecule has 2 bridgehead atoms. The quantitative estimate of drug-likeness (QED) is 0.564. The minimum Gasteiger partial charge on any atom is -0.166 e. The molecule has 1 fully saturated rings. The Morgan fingerprint density at radius 2 is 1.06 bits per heavy atom. The maximum absolute atomic E-state index is 12.7. The monoisotopic (exact) mass is 256 g/mol. The number of rotatable bonds is 0. The fraction of sp³-hybridized carbons (Fsp3) is 0.636. The van der Waals surface area contributed by atoms with Crippen LogP contribution in [-0.2, 0) is 0 Å². The van der Waals surface area contributed by atoms with Crippen LogP contribution in [0.1, 0.15) is 20.3 Å². The number of fused-ring (bicyclic) bond motifs is 2. The normalized spacial score (nSPS) is 29.6. The summed E-state index contributed by atoms with van der Waals surface area (Å²) in [6.45, 7) is 3.10. The van der Waals surface area contributed by atoms with Crippen LogP contribution in [0.5, 0.6) is 0 Å². The maximum atomic E-state index is 12.7. The predicted molar refractivity (Wildman–Crippen MR) is 49.1 cm³/mol. The van der Waals surface area contributed by atoms with Crippen LogP contribution in [-0.4, -0.2) is 12.4 Å². The molecule has 17 heavy (non-hydrogen) atoms. The first-order valence-electron chi connectivity index (χ1n) is 5.16. The van der Waals surface area contributed by atoms with Gasteiger partial charge in [0.2, 0.25) is 0 Å². The van der Waals surface area contributed by atoms with Crippen molar-refractivity contribution in [3.05, 3.63) is 22.3 Å². The van der Waals surface area contributed by atoms with Crippen molar-refractivity contribution in [3.63, 3.8) is 0 Å². The van der Waals surface area contributed by atoms with Gasteiger partial charge in [-0.2, -0.15) is 26.3 Å². The molecule has 1 saturated carbocycles. The van der Waals surface area contributed by atoms with E-state index < -0.39 is 35.3 Å². The fourth-order valence-corrected chi connectivity index (χ4v) is 2.73. The van der Waals surface area contributed by atoms with E-state index in [1.807, 2.05) is 0 Å². The molecule has 0 aromatic carbocycles. The first-order valence-corrected chi connectivity index (χ1v) is 5.16. The highest BCUT2D eigenvalue weighted by atomic mass is 19.4. The molecule has 0 aliphatic heterocycles. The van der Waals surface area contributed by atoms with Gasteiger partial charge in [-0.1, -0.05) is 13.8 Å². The molecule has 0 heterocycles. The SMILES string of the molecule is CC1C2=C(C(F)(F)F)C(C(F)(F)F)=C(C2)C1C. The van der Waals surface area contributed by atoms with Gasteiger partial charge in [0.05, 0.1) is 11.1 Å². The first kappa shape index (κ1) is 12.5. The van der Waals surface area contributed by atoms with E-state index in [1.54, 1.807) is 13.8 Å². The van der Waals surface area contributed by atoms with Gasteiger partial charge in [-0.3, -0.25) is 0 Å². The minimum atomic E-state index is -4.92. The second kappa shape index (κ2) is 3.29. The Morgan fingerprint density at radius 3 is 1.29 bits per heavy atom. The lowest BCUT2D eigenvalue weighted by Gasteiger charge is -2.26. The van der Waals surface area contributed by atoms with Crippen molar-refractivity contribution in [2.75, 3.05) is 0 Å². The van der Waals surface area contributed by atoms with Crippen LogP contribution >= 0.6 is 0 Å². The van der Waals surface area contributed by atoms with E-state index in [4.69, 9.17) is 0 Å². The highest BCUT2D eigenvalue weighted by molar-refractivity contribution is 5.57. The Bertz CT molecular complexity index is 380. The van der Waals surface area contributed by atoms with Gasteiger partial charge >= 0.3 is 12.4 Å². The molecule has 0 saturated heterocycles. The van der Waals surface area contributed by atoms with Gasteiger partial charge in [-0.15, -0.1) is 0 Å². The zero-order valence-electron chi connectivity index (χ0n) is 9.13. The Labute approximate surface area is 94.0 Å². The highest BCUT2D eigenvalue weighted by Crippen LogP contribution is 2.58. The molecule has 0 aromatic heterocycles. The van der Waals surface area contributed by atoms with Crippen LogP contribution in [0, 0.1) is 11.8 Å². The summed E-state index contributed by atoms with van der Waals surface area (Å²) in [5.41, 5.74) is -3.09. The molecule has 0 amide bonds. The van der Waals surface area contributed by atoms with Crippen molar-refractivity contribution in [1.82, 2.24) is 0 Å². The molecule has 0 aromatic rings. The van der Waals surface area contributed by atoms with Crippen LogP contribution in [0.15, 0.2) is 22.3 Å². The van der Waals surface area contributed by atoms with Crippen LogP contribution in [0.3, 0.4) is 0 Å². The van der Waals surface area contributed by atoms with Crippen molar-refractivity contribution in [2.45, 2.75) is 32.6 Å². The average Bonchev–Trinajstić information content (AvgIpc) is 2.62. The Hall–Kier alpha value is -0.940. The van der Waals surface area contributed by atoms with Crippen molar-refractivity contribution in [3.8, 4) is 0 Å². The summed E-state index contributed by atoms with van der Waals surface area (Å²) >= 11 is 0. The molecule has 2 unspecified atom stereocenters. The predicted octanol–water partition coefficient (Wildman–Crippen LogP) is 4.39. The van der Waals surface area contributed by atoms with E-state index in [0.29, 0.717) is 0 Å². The van der Waals surface area contributed by atoms with Gasteiger partial charge in [0, 0.05) is 0 Å². The van der Waals surface area contributed by atoms with Crippen LogP contribution in [0.2, 0.25) is 0 Å².